The Bertz CT molecular complexity index is 1590. The molecule has 1 aliphatic carbocycles. The molecule has 0 saturated heterocycles. The Morgan fingerprint density at radius 3 is 2.83 bits per heavy atom. The number of nitriles is 1. The van der Waals surface area contributed by atoms with Gasteiger partial charge in [-0.05, 0) is 54.3 Å². The molecule has 0 spiro atoms. The predicted octanol–water partition coefficient (Wildman–Crippen LogP) is 4.88. The van der Waals surface area contributed by atoms with Gasteiger partial charge in [0.05, 0.1) is 12.5 Å². The number of alkyl halides is 1. The van der Waals surface area contributed by atoms with E-state index in [1.165, 1.54) is 28.8 Å². The Balaban J connectivity index is 1.36. The number of nitrogens with zero attached hydrogens (tertiary/aromatic N) is 2. The van der Waals surface area contributed by atoms with E-state index < -0.39 is 6.17 Å². The summed E-state index contributed by atoms with van der Waals surface area (Å²) >= 11 is 0. The van der Waals surface area contributed by atoms with Crippen LogP contribution in [0.15, 0.2) is 78.0 Å². The lowest BCUT2D eigenvalue weighted by Crippen LogP contribution is -2.40. The van der Waals surface area contributed by atoms with E-state index in [1.807, 2.05) is 41.3 Å². The molecule has 9 heteroatoms. The van der Waals surface area contributed by atoms with Crippen LogP contribution in [0, 0.1) is 23.7 Å². The van der Waals surface area contributed by atoms with Gasteiger partial charge in [0.25, 0.3) is 0 Å². The van der Waals surface area contributed by atoms with E-state index in [2.05, 4.69) is 35.4 Å². The molecule has 2 aromatic carbocycles. The molecular weight excluding hydrogens is 519 g/mol. The molecule has 2 aliphatic rings. The van der Waals surface area contributed by atoms with Gasteiger partial charge in [-0.15, -0.1) is 0 Å². The number of aryl methyl sites for hydroxylation is 1. The summed E-state index contributed by atoms with van der Waals surface area (Å²) in [4.78, 5) is 19.2. The second kappa shape index (κ2) is 12.1. The molecule has 0 radical (unpaired) electrons. The number of aromatic amines is 1. The summed E-state index contributed by atoms with van der Waals surface area (Å²) < 4.78 is 19.4. The van der Waals surface area contributed by atoms with Crippen molar-refractivity contribution in [3.05, 3.63) is 100 Å². The third-order valence-electron chi connectivity index (χ3n) is 7.45. The number of ether oxygens (including phenoxy) is 1. The second-order valence-corrected chi connectivity index (χ2v) is 10.3. The highest BCUT2D eigenvalue weighted by molar-refractivity contribution is 5.98. The van der Waals surface area contributed by atoms with Gasteiger partial charge in [0.1, 0.15) is 36.0 Å². The highest BCUT2D eigenvalue weighted by Gasteiger charge is 2.34. The zero-order valence-corrected chi connectivity index (χ0v) is 22.9. The fraction of sp³-hybridized carbons (Fsp3) is 0.281. The maximum atomic E-state index is 13.7. The quantitative estimate of drug-likeness (QED) is 0.130. The standard InChI is InChI=1S/C32H33FN6O2/c1-20-2-11-28-27(16-20)26-12-14-39(29(40)17-21-3-7-24(33)8-4-21)31(30(26)38-28)22-5-9-25(10-6-22)41-15-13-37-19-23(18-34)32(35)36/h2-7,9-11,16,19,24,31,37-38H,8,12-15,17H2,1H3,(H3,35,36)/b23-19-. The molecule has 3 aromatic rings. The third-order valence-corrected chi connectivity index (χ3v) is 7.45. The molecule has 1 aliphatic heterocycles. The number of nitrogens with two attached hydrogens (primary N) is 1. The van der Waals surface area contributed by atoms with Crippen LogP contribution in [-0.2, 0) is 11.2 Å². The van der Waals surface area contributed by atoms with Gasteiger partial charge in [-0.1, -0.05) is 42.0 Å². The van der Waals surface area contributed by atoms with Crippen LogP contribution in [0.1, 0.15) is 41.3 Å². The zero-order valence-electron chi connectivity index (χ0n) is 22.9. The van der Waals surface area contributed by atoms with Crippen LogP contribution in [0.4, 0.5) is 4.39 Å². The first-order valence-corrected chi connectivity index (χ1v) is 13.7. The molecule has 41 heavy (non-hydrogen) atoms. The largest absolute Gasteiger partial charge is 0.492 e. The number of carbonyl (C=O) groups excluding carboxylic acids is 1. The molecule has 2 unspecified atom stereocenters. The van der Waals surface area contributed by atoms with E-state index >= 15 is 0 Å². The monoisotopic (exact) mass is 552 g/mol. The molecule has 8 nitrogen and oxygen atoms in total. The number of fused-ring (bicyclic) bond motifs is 3. The number of benzene rings is 2. The second-order valence-electron chi connectivity index (χ2n) is 10.3. The minimum absolute atomic E-state index is 0.00505. The predicted molar refractivity (Wildman–Crippen MR) is 157 cm³/mol. The lowest BCUT2D eigenvalue weighted by atomic mass is 9.91. The van der Waals surface area contributed by atoms with Crippen molar-refractivity contribution in [1.29, 1.82) is 10.7 Å². The number of rotatable bonds is 9. The molecule has 1 amide bonds. The summed E-state index contributed by atoms with van der Waals surface area (Å²) in [6, 6.07) is 15.7. The van der Waals surface area contributed by atoms with Gasteiger partial charge in [0, 0.05) is 42.3 Å². The van der Waals surface area contributed by atoms with Crippen molar-refractivity contribution in [2.75, 3.05) is 19.7 Å². The van der Waals surface area contributed by atoms with Crippen LogP contribution in [-0.4, -0.2) is 47.5 Å². The Morgan fingerprint density at radius 1 is 1.32 bits per heavy atom. The SMILES string of the molecule is Cc1ccc2[nH]c3c(c2c1)CCN(C(=O)CC1=CCC(F)C=C1)C3c1ccc(OCCN/C=C(/C#N)C(=N)N)cc1. The van der Waals surface area contributed by atoms with Crippen LogP contribution in [0.3, 0.4) is 0 Å². The van der Waals surface area contributed by atoms with Crippen LogP contribution in [0.25, 0.3) is 10.9 Å². The first kappa shape index (κ1) is 27.7. The molecule has 0 saturated carbocycles. The van der Waals surface area contributed by atoms with Crippen molar-refractivity contribution in [2.45, 2.75) is 38.4 Å². The maximum Gasteiger partial charge on any atom is 0.227 e. The number of carbonyl (C=O) groups is 1. The molecule has 2 atom stereocenters. The van der Waals surface area contributed by atoms with Crippen molar-refractivity contribution < 1.29 is 13.9 Å². The average Bonchev–Trinajstić information content (AvgIpc) is 3.33. The maximum absolute atomic E-state index is 13.7. The van der Waals surface area contributed by atoms with Crippen molar-refractivity contribution in [2.24, 2.45) is 5.73 Å². The van der Waals surface area contributed by atoms with Crippen molar-refractivity contribution >= 4 is 22.6 Å². The first-order valence-electron chi connectivity index (χ1n) is 13.7. The number of hydrogen-bond donors (Lipinski definition) is 4. The topological polar surface area (TPSA) is 131 Å². The number of amidine groups is 1. The van der Waals surface area contributed by atoms with Gasteiger partial charge in [0.15, 0.2) is 0 Å². The zero-order chi connectivity index (χ0) is 28.9. The van der Waals surface area contributed by atoms with Crippen LogP contribution in [0.2, 0.25) is 0 Å². The Kier molecular flexibility index (Phi) is 8.20. The van der Waals surface area contributed by atoms with Gasteiger partial charge in [-0.2, -0.15) is 5.26 Å². The van der Waals surface area contributed by atoms with Crippen molar-refractivity contribution in [3.8, 4) is 11.8 Å². The summed E-state index contributed by atoms with van der Waals surface area (Å²) in [6.45, 7) is 3.44. The Morgan fingerprint density at radius 2 is 2.12 bits per heavy atom. The van der Waals surface area contributed by atoms with Crippen LogP contribution >= 0.6 is 0 Å². The van der Waals surface area contributed by atoms with E-state index in [4.69, 9.17) is 21.1 Å². The summed E-state index contributed by atoms with van der Waals surface area (Å²) in [7, 11) is 0. The van der Waals surface area contributed by atoms with Crippen LogP contribution in [0.5, 0.6) is 5.75 Å². The summed E-state index contributed by atoms with van der Waals surface area (Å²) in [5.41, 5.74) is 11.7. The molecule has 5 N–H and O–H groups in total. The van der Waals surface area contributed by atoms with E-state index in [-0.39, 0.29) is 29.8 Å². The van der Waals surface area contributed by atoms with Gasteiger partial charge in [0.2, 0.25) is 5.91 Å². The Labute approximate surface area is 238 Å². The number of halogens is 1. The van der Waals surface area contributed by atoms with Gasteiger partial charge in [-0.3, -0.25) is 10.2 Å². The van der Waals surface area contributed by atoms with Crippen molar-refractivity contribution in [3.63, 3.8) is 0 Å². The summed E-state index contributed by atoms with van der Waals surface area (Å²) in [5.74, 6) is 0.386. The fourth-order valence-electron chi connectivity index (χ4n) is 5.38. The average molecular weight is 553 g/mol. The highest BCUT2D eigenvalue weighted by Crippen LogP contribution is 2.39. The summed E-state index contributed by atoms with van der Waals surface area (Å²) in [6.07, 6.45) is 6.76. The molecule has 2 heterocycles. The molecule has 0 bridgehead atoms. The van der Waals surface area contributed by atoms with Gasteiger partial charge in [-0.25, -0.2) is 4.39 Å². The normalized spacial score (nSPS) is 18.4. The lowest BCUT2D eigenvalue weighted by molar-refractivity contribution is -0.132. The molecule has 210 valence electrons. The van der Waals surface area contributed by atoms with E-state index in [0.29, 0.717) is 31.9 Å². The number of allylic oxidation sites excluding steroid dienone is 3. The number of nitrogens with one attached hydrogen (secondary N) is 3. The van der Waals surface area contributed by atoms with Gasteiger partial charge < -0.3 is 25.7 Å². The lowest BCUT2D eigenvalue weighted by Gasteiger charge is -2.36. The number of aromatic nitrogens is 1. The minimum atomic E-state index is -0.988. The number of hydrogen-bond acceptors (Lipinski definition) is 5. The molecule has 0 fully saturated rings. The van der Waals surface area contributed by atoms with Crippen LogP contribution < -0.4 is 15.8 Å². The first-order chi connectivity index (χ1) is 19.8. The smallest absolute Gasteiger partial charge is 0.227 e. The number of amides is 1. The summed E-state index contributed by atoms with van der Waals surface area (Å²) in [5, 5.41) is 20.4. The van der Waals surface area contributed by atoms with E-state index in [0.717, 1.165) is 28.8 Å². The minimum Gasteiger partial charge on any atom is -0.492 e. The molecule has 5 rings (SSSR count). The van der Waals surface area contributed by atoms with E-state index in [1.54, 1.807) is 6.08 Å². The number of H-pyrrole nitrogens is 1. The Hall–Kier alpha value is -4.84. The van der Waals surface area contributed by atoms with Gasteiger partial charge >= 0.3 is 0 Å². The molecule has 1 aromatic heterocycles. The van der Waals surface area contributed by atoms with Crippen molar-refractivity contribution in [1.82, 2.24) is 15.2 Å². The fourth-order valence-corrected chi connectivity index (χ4v) is 5.38. The third kappa shape index (κ3) is 6.17. The van der Waals surface area contributed by atoms with E-state index in [9.17, 15) is 9.18 Å². The highest BCUT2D eigenvalue weighted by atomic mass is 19.1. The molecular formula is C32H33FN6O2.